The Morgan fingerprint density at radius 3 is 0.847 bits per heavy atom. The monoisotopic (exact) mass is 856 g/mol. The summed E-state index contributed by atoms with van der Waals surface area (Å²) in [5.74, 6) is -0.876. The van der Waals surface area contributed by atoms with Crippen LogP contribution in [0.5, 0.6) is 0 Å². The van der Waals surface area contributed by atoms with Gasteiger partial charge in [0.05, 0.1) is 17.9 Å². The summed E-state index contributed by atoms with van der Waals surface area (Å²) in [6.45, 7) is 4.57. The first-order chi connectivity index (χ1) is 28.8. The molecule has 1 amide bonds. The number of amides is 1. The SMILES string of the molecule is CCCCCCCCCCCCCCCCCCCCCCCCCC(=O)NC(CS(=O)(=O)O)C(O)CCCCCCCCCCCCCCCCCCCCCCC. The Morgan fingerprint density at radius 1 is 0.390 bits per heavy atom. The van der Waals surface area contributed by atoms with Crippen molar-refractivity contribution in [1.82, 2.24) is 5.32 Å². The standard InChI is InChI=1S/C52H105NO5S/c1-3-5-7-9-11-13-15-17-19-21-23-25-26-28-30-32-34-36-38-40-42-44-46-48-52(55)53-50(49-59(56,57)58)51(54)47-45-43-41-39-37-35-33-31-29-27-24-22-20-18-16-14-12-10-8-6-4-2/h50-51,54H,3-49H2,1-2H3,(H,53,55)(H,56,57,58). The smallest absolute Gasteiger partial charge is 0.266 e. The van der Waals surface area contributed by atoms with Crippen LogP contribution >= 0.6 is 0 Å². The van der Waals surface area contributed by atoms with E-state index in [-0.39, 0.29) is 5.91 Å². The van der Waals surface area contributed by atoms with Gasteiger partial charge in [-0.15, -0.1) is 0 Å². The normalized spacial score (nSPS) is 12.9. The molecule has 0 aliphatic heterocycles. The number of aliphatic hydroxyl groups excluding tert-OH is 1. The number of hydrogen-bond donors (Lipinski definition) is 3. The topological polar surface area (TPSA) is 104 Å². The van der Waals surface area contributed by atoms with Crippen LogP contribution in [0.1, 0.15) is 309 Å². The first-order valence-electron chi connectivity index (χ1n) is 26.7. The number of aliphatic hydroxyl groups is 1. The van der Waals surface area contributed by atoms with Gasteiger partial charge < -0.3 is 10.4 Å². The molecule has 6 nitrogen and oxygen atoms in total. The Morgan fingerprint density at radius 2 is 0.610 bits per heavy atom. The van der Waals surface area contributed by atoms with Crippen LogP contribution in [0.2, 0.25) is 0 Å². The molecule has 7 heteroatoms. The van der Waals surface area contributed by atoms with Crippen LogP contribution < -0.4 is 5.32 Å². The fourth-order valence-corrected chi connectivity index (χ4v) is 9.57. The number of hydrogen-bond acceptors (Lipinski definition) is 4. The number of carbonyl (C=O) groups excluding carboxylic acids is 1. The molecule has 0 aromatic rings. The Balaban J connectivity index is 3.68. The van der Waals surface area contributed by atoms with Crippen molar-refractivity contribution in [3.63, 3.8) is 0 Å². The predicted molar refractivity (Wildman–Crippen MR) is 258 cm³/mol. The van der Waals surface area contributed by atoms with Crippen LogP contribution in [0.25, 0.3) is 0 Å². The average Bonchev–Trinajstić information content (AvgIpc) is 3.20. The van der Waals surface area contributed by atoms with Gasteiger partial charge in [-0.3, -0.25) is 9.35 Å². The molecule has 2 unspecified atom stereocenters. The summed E-state index contributed by atoms with van der Waals surface area (Å²) >= 11 is 0. The molecule has 0 aliphatic rings. The van der Waals surface area contributed by atoms with E-state index in [0.29, 0.717) is 12.8 Å². The third-order valence-electron chi connectivity index (χ3n) is 12.8. The highest BCUT2D eigenvalue weighted by Crippen LogP contribution is 2.18. The summed E-state index contributed by atoms with van der Waals surface area (Å²) in [6.07, 6.45) is 58.0. The predicted octanol–water partition coefficient (Wildman–Crippen LogP) is 16.7. The van der Waals surface area contributed by atoms with Gasteiger partial charge in [-0.25, -0.2) is 0 Å². The van der Waals surface area contributed by atoms with Gasteiger partial charge in [-0.05, 0) is 12.8 Å². The Labute approximate surface area is 369 Å². The second-order valence-corrected chi connectivity index (χ2v) is 20.4. The van der Waals surface area contributed by atoms with E-state index in [1.807, 2.05) is 0 Å². The van der Waals surface area contributed by atoms with Gasteiger partial charge in [0.2, 0.25) is 5.91 Å². The summed E-state index contributed by atoms with van der Waals surface area (Å²) in [4.78, 5) is 12.6. The maximum Gasteiger partial charge on any atom is 0.266 e. The second kappa shape index (κ2) is 46.8. The lowest BCUT2D eigenvalue weighted by molar-refractivity contribution is -0.122. The quantitative estimate of drug-likeness (QED) is 0.0418. The average molecular weight is 856 g/mol. The summed E-state index contributed by atoms with van der Waals surface area (Å²) in [5, 5.41) is 13.5. The molecule has 0 saturated heterocycles. The van der Waals surface area contributed by atoms with E-state index in [1.54, 1.807) is 0 Å². The molecule has 0 rings (SSSR count). The minimum atomic E-state index is -4.31. The molecule has 0 aliphatic carbocycles. The number of unbranched alkanes of at least 4 members (excludes halogenated alkanes) is 42. The van der Waals surface area contributed by atoms with Gasteiger partial charge in [-0.1, -0.05) is 290 Å². The van der Waals surface area contributed by atoms with Crippen molar-refractivity contribution >= 4 is 16.0 Å². The van der Waals surface area contributed by atoms with Crippen LogP contribution in [-0.2, 0) is 14.9 Å². The van der Waals surface area contributed by atoms with Crippen molar-refractivity contribution in [2.75, 3.05) is 5.75 Å². The van der Waals surface area contributed by atoms with Crippen LogP contribution in [0.3, 0.4) is 0 Å². The van der Waals surface area contributed by atoms with E-state index < -0.39 is 28.0 Å². The highest BCUT2D eigenvalue weighted by Gasteiger charge is 2.26. The van der Waals surface area contributed by atoms with Gasteiger partial charge in [-0.2, -0.15) is 8.42 Å². The Kier molecular flexibility index (Phi) is 46.3. The van der Waals surface area contributed by atoms with E-state index in [9.17, 15) is 22.9 Å². The number of nitrogens with one attached hydrogen (secondary N) is 1. The Bertz CT molecular complexity index is 943. The summed E-state index contributed by atoms with van der Waals surface area (Å²) in [6, 6.07) is -0.966. The first kappa shape index (κ1) is 58.3. The molecule has 0 saturated carbocycles. The van der Waals surface area contributed by atoms with Crippen molar-refractivity contribution in [3.05, 3.63) is 0 Å². The van der Waals surface area contributed by atoms with Gasteiger partial charge in [0.25, 0.3) is 10.1 Å². The number of carbonyl (C=O) groups is 1. The lowest BCUT2D eigenvalue weighted by Gasteiger charge is -2.23. The molecule has 59 heavy (non-hydrogen) atoms. The molecule has 3 N–H and O–H groups in total. The fourth-order valence-electron chi connectivity index (χ4n) is 8.81. The van der Waals surface area contributed by atoms with Gasteiger partial charge in [0.15, 0.2) is 0 Å². The van der Waals surface area contributed by atoms with Crippen molar-refractivity contribution in [1.29, 1.82) is 0 Å². The maximum atomic E-state index is 12.6. The zero-order valence-corrected chi connectivity index (χ0v) is 40.7. The molecule has 0 radical (unpaired) electrons. The zero-order valence-electron chi connectivity index (χ0n) is 39.9. The summed E-state index contributed by atoms with van der Waals surface area (Å²) in [5.41, 5.74) is 0. The molecule has 0 aromatic heterocycles. The van der Waals surface area contributed by atoms with Gasteiger partial charge >= 0.3 is 0 Å². The van der Waals surface area contributed by atoms with Crippen molar-refractivity contribution in [2.45, 2.75) is 321 Å². The lowest BCUT2D eigenvalue weighted by Crippen LogP contribution is -2.47. The fraction of sp³-hybridized carbons (Fsp3) is 0.981. The maximum absolute atomic E-state index is 12.6. The number of rotatable bonds is 50. The first-order valence-corrected chi connectivity index (χ1v) is 28.3. The van der Waals surface area contributed by atoms with Crippen LogP contribution in [0.15, 0.2) is 0 Å². The van der Waals surface area contributed by atoms with Crippen molar-refractivity contribution in [2.24, 2.45) is 0 Å². The summed E-state index contributed by atoms with van der Waals surface area (Å²) < 4.78 is 32.8. The highest BCUT2D eigenvalue weighted by molar-refractivity contribution is 7.85. The van der Waals surface area contributed by atoms with Crippen LogP contribution in [0.4, 0.5) is 0 Å². The van der Waals surface area contributed by atoms with Gasteiger partial charge in [0.1, 0.15) is 0 Å². The molecule has 0 bridgehead atoms. The van der Waals surface area contributed by atoms with Gasteiger partial charge in [0, 0.05) is 6.42 Å². The molecule has 0 spiro atoms. The van der Waals surface area contributed by atoms with E-state index in [4.69, 9.17) is 0 Å². The van der Waals surface area contributed by atoms with Crippen molar-refractivity contribution < 1.29 is 22.9 Å². The molecule has 0 aromatic carbocycles. The molecule has 354 valence electrons. The molecule has 0 fully saturated rings. The van der Waals surface area contributed by atoms with Crippen LogP contribution in [-0.4, -0.2) is 41.9 Å². The highest BCUT2D eigenvalue weighted by atomic mass is 32.2. The second-order valence-electron chi connectivity index (χ2n) is 18.9. The van der Waals surface area contributed by atoms with E-state index >= 15 is 0 Å². The van der Waals surface area contributed by atoms with E-state index in [1.165, 1.54) is 244 Å². The third-order valence-corrected chi connectivity index (χ3v) is 13.6. The molecule has 0 heterocycles. The molecular formula is C52H105NO5S. The zero-order chi connectivity index (χ0) is 43.2. The minimum absolute atomic E-state index is 0.236. The Hall–Kier alpha value is -0.660. The minimum Gasteiger partial charge on any atom is -0.391 e. The van der Waals surface area contributed by atoms with E-state index in [2.05, 4.69) is 19.2 Å². The van der Waals surface area contributed by atoms with Crippen molar-refractivity contribution in [3.8, 4) is 0 Å². The largest absolute Gasteiger partial charge is 0.391 e. The third kappa shape index (κ3) is 48.2. The molecule has 2 atom stereocenters. The summed E-state index contributed by atoms with van der Waals surface area (Å²) in [7, 11) is -4.31. The van der Waals surface area contributed by atoms with Crippen LogP contribution in [0, 0.1) is 0 Å². The lowest BCUT2D eigenvalue weighted by atomic mass is 10.0. The molecular weight excluding hydrogens is 751 g/mol. The van der Waals surface area contributed by atoms with E-state index in [0.717, 1.165) is 38.5 Å².